The summed E-state index contributed by atoms with van der Waals surface area (Å²) in [6, 6.07) is 12.0. The van der Waals surface area contributed by atoms with Gasteiger partial charge < -0.3 is 9.64 Å². The molecule has 41 heavy (non-hydrogen) atoms. The molecular weight excluding hydrogens is 556 g/mol. The van der Waals surface area contributed by atoms with E-state index in [1.54, 1.807) is 29.4 Å². The van der Waals surface area contributed by atoms with E-state index in [-0.39, 0.29) is 28.9 Å². The molecule has 10 heteroatoms. The SMILES string of the molecule is CCCCn1c(N2CCCC(C(=O)OCC)C2)c(/C=C2/SC(=S)N(CCc3ccccc3)C2=O)c(C)c(C#N)c1=O. The quantitative estimate of drug-likeness (QED) is 0.215. The van der Waals surface area contributed by atoms with Gasteiger partial charge in [0.15, 0.2) is 0 Å². The lowest BCUT2D eigenvalue weighted by atomic mass is 9.96. The Bertz CT molecular complexity index is 1440. The van der Waals surface area contributed by atoms with E-state index in [1.807, 2.05) is 37.3 Å². The zero-order valence-corrected chi connectivity index (χ0v) is 25.5. The molecular formula is C31H36N4O4S2. The number of carbonyl (C=O) groups is 2. The van der Waals surface area contributed by atoms with Crippen LogP contribution in [0.3, 0.4) is 0 Å². The van der Waals surface area contributed by atoms with Gasteiger partial charge in [-0.05, 0) is 56.7 Å². The van der Waals surface area contributed by atoms with Gasteiger partial charge in [0, 0.05) is 31.7 Å². The molecule has 0 radical (unpaired) electrons. The van der Waals surface area contributed by atoms with Crippen LogP contribution in [0.1, 0.15) is 61.8 Å². The third-order valence-corrected chi connectivity index (χ3v) is 8.92. The third-order valence-electron chi connectivity index (χ3n) is 7.54. The van der Waals surface area contributed by atoms with Gasteiger partial charge in [-0.3, -0.25) is 23.9 Å². The monoisotopic (exact) mass is 592 g/mol. The maximum Gasteiger partial charge on any atom is 0.310 e. The number of pyridine rings is 1. The van der Waals surface area contributed by atoms with E-state index < -0.39 is 0 Å². The maximum atomic E-state index is 13.6. The number of amides is 1. The first-order chi connectivity index (χ1) is 19.8. The van der Waals surface area contributed by atoms with Crippen LogP contribution in [0.2, 0.25) is 0 Å². The first kappa shape index (κ1) is 30.5. The minimum absolute atomic E-state index is 0.0645. The van der Waals surface area contributed by atoms with Crippen molar-refractivity contribution in [2.45, 2.75) is 59.4 Å². The summed E-state index contributed by atoms with van der Waals surface area (Å²) in [4.78, 5) is 44.0. The highest BCUT2D eigenvalue weighted by Gasteiger charge is 2.34. The summed E-state index contributed by atoms with van der Waals surface area (Å²) in [6.07, 6.45) is 5.53. The van der Waals surface area contributed by atoms with Crippen LogP contribution in [0.15, 0.2) is 40.0 Å². The van der Waals surface area contributed by atoms with Crippen molar-refractivity contribution in [3.63, 3.8) is 0 Å². The number of rotatable bonds is 10. The number of piperidine rings is 1. The first-order valence-corrected chi connectivity index (χ1v) is 15.4. The number of aromatic nitrogens is 1. The number of nitriles is 1. The molecule has 2 aromatic rings. The van der Waals surface area contributed by atoms with Crippen molar-refractivity contribution < 1.29 is 14.3 Å². The second-order valence-corrected chi connectivity index (χ2v) is 11.9. The number of thiocarbonyl (C=S) groups is 1. The van der Waals surface area contributed by atoms with Crippen LogP contribution in [-0.4, -0.2) is 51.9 Å². The topological polar surface area (TPSA) is 95.6 Å². The zero-order valence-electron chi connectivity index (χ0n) is 23.9. The van der Waals surface area contributed by atoms with Crippen LogP contribution in [-0.2, 0) is 27.3 Å². The Morgan fingerprint density at radius 1 is 1.22 bits per heavy atom. The minimum atomic E-state index is -0.348. The number of nitrogens with zero attached hydrogens (tertiary/aromatic N) is 4. The fourth-order valence-corrected chi connectivity index (χ4v) is 6.63. The van der Waals surface area contributed by atoms with Crippen LogP contribution < -0.4 is 10.5 Å². The summed E-state index contributed by atoms with van der Waals surface area (Å²) in [5.41, 5.74) is 2.00. The number of unbranched alkanes of at least 4 members (excludes halogenated alkanes) is 1. The molecule has 1 aromatic heterocycles. The molecule has 1 aromatic carbocycles. The van der Waals surface area contributed by atoms with Crippen molar-refractivity contribution in [3.05, 3.63) is 67.8 Å². The van der Waals surface area contributed by atoms with Gasteiger partial charge in [0.2, 0.25) is 0 Å². The molecule has 2 aliphatic rings. The predicted octanol–water partition coefficient (Wildman–Crippen LogP) is 5.05. The number of esters is 1. The lowest BCUT2D eigenvalue weighted by Gasteiger charge is -2.36. The van der Waals surface area contributed by atoms with Gasteiger partial charge in [0.1, 0.15) is 21.8 Å². The molecule has 0 aliphatic carbocycles. The number of hydrogen-bond acceptors (Lipinski definition) is 8. The molecule has 1 unspecified atom stereocenters. The number of benzene rings is 1. The van der Waals surface area contributed by atoms with E-state index in [1.165, 1.54) is 11.8 Å². The maximum absolute atomic E-state index is 13.6. The van der Waals surface area contributed by atoms with Crippen LogP contribution in [0, 0.1) is 24.2 Å². The third kappa shape index (κ3) is 6.74. The predicted molar refractivity (Wildman–Crippen MR) is 167 cm³/mol. The summed E-state index contributed by atoms with van der Waals surface area (Å²) in [6.45, 7) is 7.83. The molecule has 216 valence electrons. The summed E-state index contributed by atoms with van der Waals surface area (Å²) < 4.78 is 7.46. The van der Waals surface area contributed by atoms with Crippen molar-refractivity contribution in [2.24, 2.45) is 5.92 Å². The van der Waals surface area contributed by atoms with Crippen molar-refractivity contribution in [2.75, 3.05) is 31.1 Å². The Morgan fingerprint density at radius 2 is 1.98 bits per heavy atom. The summed E-state index contributed by atoms with van der Waals surface area (Å²) in [7, 11) is 0. The van der Waals surface area contributed by atoms with Crippen molar-refractivity contribution in [3.8, 4) is 6.07 Å². The highest BCUT2D eigenvalue weighted by atomic mass is 32.2. The van der Waals surface area contributed by atoms with Gasteiger partial charge in [-0.25, -0.2) is 0 Å². The smallest absolute Gasteiger partial charge is 0.310 e. The largest absolute Gasteiger partial charge is 0.466 e. The molecule has 0 bridgehead atoms. The molecule has 0 N–H and O–H groups in total. The Kier molecular flexibility index (Phi) is 10.4. The highest BCUT2D eigenvalue weighted by Crippen LogP contribution is 2.37. The molecule has 2 aliphatic heterocycles. The zero-order chi connectivity index (χ0) is 29.5. The van der Waals surface area contributed by atoms with Crippen LogP contribution >= 0.6 is 24.0 Å². The number of carbonyl (C=O) groups excluding carboxylic acids is 2. The number of hydrogen-bond donors (Lipinski definition) is 0. The Balaban J connectivity index is 1.77. The fraction of sp³-hybridized carbons (Fsp3) is 0.452. The van der Waals surface area contributed by atoms with Crippen molar-refractivity contribution >= 4 is 52.1 Å². The van der Waals surface area contributed by atoms with E-state index in [4.69, 9.17) is 17.0 Å². The van der Waals surface area contributed by atoms with Crippen LogP contribution in [0.25, 0.3) is 6.08 Å². The molecule has 1 atom stereocenters. The number of thioether (sulfide) groups is 1. The van der Waals surface area contributed by atoms with Gasteiger partial charge in [-0.1, -0.05) is 67.7 Å². The van der Waals surface area contributed by atoms with Crippen molar-refractivity contribution in [1.29, 1.82) is 5.26 Å². The van der Waals surface area contributed by atoms with Gasteiger partial charge >= 0.3 is 5.97 Å². The Hall–Kier alpha value is -3.42. The second kappa shape index (κ2) is 14.0. The molecule has 2 saturated heterocycles. The molecule has 1 amide bonds. The molecule has 0 spiro atoms. The normalized spacial score (nSPS) is 18.2. The van der Waals surface area contributed by atoms with E-state index >= 15 is 0 Å². The Morgan fingerprint density at radius 3 is 2.66 bits per heavy atom. The van der Waals surface area contributed by atoms with E-state index in [9.17, 15) is 19.6 Å². The average Bonchev–Trinajstić information content (AvgIpc) is 3.24. The lowest BCUT2D eigenvalue weighted by Crippen LogP contribution is -2.43. The molecule has 0 saturated carbocycles. The molecule has 8 nitrogen and oxygen atoms in total. The number of ether oxygens (including phenoxy) is 1. The van der Waals surface area contributed by atoms with Gasteiger partial charge in [-0.15, -0.1) is 0 Å². The van der Waals surface area contributed by atoms with E-state index in [0.717, 1.165) is 24.8 Å². The Labute approximate surface area is 251 Å². The van der Waals surface area contributed by atoms with Crippen LogP contribution in [0.5, 0.6) is 0 Å². The van der Waals surface area contributed by atoms with Gasteiger partial charge in [-0.2, -0.15) is 5.26 Å². The highest BCUT2D eigenvalue weighted by molar-refractivity contribution is 8.26. The average molecular weight is 593 g/mol. The van der Waals surface area contributed by atoms with Gasteiger partial charge in [0.05, 0.1) is 17.4 Å². The van der Waals surface area contributed by atoms with Crippen LogP contribution in [0.4, 0.5) is 5.82 Å². The lowest BCUT2D eigenvalue weighted by molar-refractivity contribution is -0.148. The second-order valence-electron chi connectivity index (χ2n) is 10.3. The summed E-state index contributed by atoms with van der Waals surface area (Å²) >= 11 is 6.83. The molecule has 4 rings (SSSR count). The van der Waals surface area contributed by atoms with E-state index in [0.29, 0.717) is 71.8 Å². The van der Waals surface area contributed by atoms with Gasteiger partial charge in [0.25, 0.3) is 11.5 Å². The summed E-state index contributed by atoms with van der Waals surface area (Å²) in [5, 5.41) is 9.96. The molecule has 3 heterocycles. The number of anilines is 1. The fourth-order valence-electron chi connectivity index (χ4n) is 5.34. The molecule has 2 fully saturated rings. The standard InChI is InChI=1S/C31H36N4O4S2/c1-4-6-16-34-27(33-15-10-13-23(20-33)30(38)39-5-2)24(21(3)25(19-32)28(34)36)18-26-29(37)35(31(40)41-26)17-14-22-11-8-7-9-12-22/h7-9,11-12,18,23H,4-6,10,13-17,20H2,1-3H3/b26-18+. The van der Waals surface area contributed by atoms with Crippen molar-refractivity contribution in [1.82, 2.24) is 9.47 Å². The summed E-state index contributed by atoms with van der Waals surface area (Å²) in [5.74, 6) is -0.109. The minimum Gasteiger partial charge on any atom is -0.466 e. The van der Waals surface area contributed by atoms with E-state index in [2.05, 4.69) is 11.0 Å². The first-order valence-electron chi connectivity index (χ1n) is 14.2.